The number of nitrogens with two attached hydrogens (primary N) is 1. The zero-order chi connectivity index (χ0) is 18.5. The summed E-state index contributed by atoms with van der Waals surface area (Å²) in [6.07, 6.45) is 4.62. The Labute approximate surface area is 151 Å². The standard InChI is InChI=1S/C20H19N3O3/c21-20(26)15-6-8-16(9-7-15)22-18(24)12-5-14-3-10-17(11-4-14)23-13-1-2-19(23)25/h3-12H,1-2,13H2,(H2,21,26)(H,22,24)/b12-5+. The van der Waals surface area contributed by atoms with Gasteiger partial charge >= 0.3 is 0 Å². The average molecular weight is 349 g/mol. The molecule has 6 nitrogen and oxygen atoms in total. The van der Waals surface area contributed by atoms with Gasteiger partial charge in [-0.2, -0.15) is 0 Å². The smallest absolute Gasteiger partial charge is 0.248 e. The Morgan fingerprint density at radius 1 is 1.04 bits per heavy atom. The molecule has 2 aromatic rings. The molecule has 3 N–H and O–H groups in total. The first-order valence-electron chi connectivity index (χ1n) is 8.32. The number of nitrogens with one attached hydrogen (secondary N) is 1. The first-order valence-corrected chi connectivity index (χ1v) is 8.32. The minimum Gasteiger partial charge on any atom is -0.366 e. The van der Waals surface area contributed by atoms with Crippen LogP contribution in [0.15, 0.2) is 54.6 Å². The Morgan fingerprint density at radius 3 is 2.31 bits per heavy atom. The van der Waals surface area contributed by atoms with Crippen molar-refractivity contribution in [2.75, 3.05) is 16.8 Å². The Morgan fingerprint density at radius 2 is 1.73 bits per heavy atom. The number of carbonyl (C=O) groups is 3. The number of carbonyl (C=O) groups excluding carboxylic acids is 3. The van der Waals surface area contributed by atoms with Crippen molar-refractivity contribution in [2.24, 2.45) is 5.73 Å². The molecule has 0 radical (unpaired) electrons. The fourth-order valence-corrected chi connectivity index (χ4v) is 2.76. The van der Waals surface area contributed by atoms with Crippen molar-refractivity contribution in [1.29, 1.82) is 0 Å². The van der Waals surface area contributed by atoms with E-state index in [2.05, 4.69) is 5.32 Å². The normalized spacial score (nSPS) is 14.0. The van der Waals surface area contributed by atoms with Gasteiger partial charge < -0.3 is 16.0 Å². The van der Waals surface area contributed by atoms with E-state index in [4.69, 9.17) is 5.73 Å². The lowest BCUT2D eigenvalue weighted by Gasteiger charge is -2.15. The van der Waals surface area contributed by atoms with Crippen LogP contribution in [0.25, 0.3) is 6.08 Å². The van der Waals surface area contributed by atoms with Gasteiger partial charge in [0.2, 0.25) is 17.7 Å². The number of nitrogens with zero attached hydrogens (tertiary/aromatic N) is 1. The van der Waals surface area contributed by atoms with E-state index >= 15 is 0 Å². The van der Waals surface area contributed by atoms with E-state index < -0.39 is 5.91 Å². The lowest BCUT2D eigenvalue weighted by atomic mass is 10.1. The zero-order valence-corrected chi connectivity index (χ0v) is 14.1. The monoisotopic (exact) mass is 349 g/mol. The number of hydrogen-bond acceptors (Lipinski definition) is 3. The molecule has 3 amide bonds. The van der Waals surface area contributed by atoms with E-state index in [-0.39, 0.29) is 11.8 Å². The third-order valence-corrected chi connectivity index (χ3v) is 4.14. The summed E-state index contributed by atoms with van der Waals surface area (Å²) in [7, 11) is 0. The molecule has 0 saturated carbocycles. The summed E-state index contributed by atoms with van der Waals surface area (Å²) in [5.74, 6) is -0.646. The molecule has 0 atom stereocenters. The fourth-order valence-electron chi connectivity index (χ4n) is 2.76. The van der Waals surface area contributed by atoms with Gasteiger partial charge in [0.15, 0.2) is 0 Å². The maximum absolute atomic E-state index is 12.0. The molecule has 1 saturated heterocycles. The number of hydrogen-bond donors (Lipinski definition) is 2. The van der Waals surface area contributed by atoms with Crippen LogP contribution in [0, 0.1) is 0 Å². The van der Waals surface area contributed by atoms with E-state index in [1.165, 1.54) is 6.08 Å². The van der Waals surface area contributed by atoms with Gasteiger partial charge in [0.25, 0.3) is 0 Å². The van der Waals surface area contributed by atoms with Crippen molar-refractivity contribution in [1.82, 2.24) is 0 Å². The third-order valence-electron chi connectivity index (χ3n) is 4.14. The summed E-state index contributed by atoms with van der Waals surface area (Å²) in [5, 5.41) is 2.71. The van der Waals surface area contributed by atoms with Crippen molar-refractivity contribution in [3.8, 4) is 0 Å². The van der Waals surface area contributed by atoms with Crippen LogP contribution in [0.2, 0.25) is 0 Å². The van der Waals surface area contributed by atoms with Crippen LogP contribution >= 0.6 is 0 Å². The minimum atomic E-state index is -0.512. The van der Waals surface area contributed by atoms with Gasteiger partial charge in [0.1, 0.15) is 0 Å². The second-order valence-corrected chi connectivity index (χ2v) is 6.00. The van der Waals surface area contributed by atoms with Crippen molar-refractivity contribution >= 4 is 35.2 Å². The Balaban J connectivity index is 1.59. The summed E-state index contributed by atoms with van der Waals surface area (Å²) in [6.45, 7) is 0.755. The molecule has 132 valence electrons. The highest BCUT2D eigenvalue weighted by molar-refractivity contribution is 6.02. The Kier molecular flexibility index (Phi) is 5.12. The van der Waals surface area contributed by atoms with Crippen LogP contribution in [-0.4, -0.2) is 24.3 Å². The third kappa shape index (κ3) is 4.16. The molecule has 0 bridgehead atoms. The van der Waals surface area contributed by atoms with Gasteiger partial charge in [-0.25, -0.2) is 0 Å². The van der Waals surface area contributed by atoms with Crippen LogP contribution in [0.4, 0.5) is 11.4 Å². The van der Waals surface area contributed by atoms with Gasteiger partial charge in [-0.3, -0.25) is 14.4 Å². The topological polar surface area (TPSA) is 92.5 Å². The highest BCUT2D eigenvalue weighted by Gasteiger charge is 2.21. The van der Waals surface area contributed by atoms with E-state index in [0.29, 0.717) is 17.7 Å². The fraction of sp³-hybridized carbons (Fsp3) is 0.150. The Hall–Kier alpha value is -3.41. The van der Waals surface area contributed by atoms with Crippen molar-refractivity contribution in [2.45, 2.75) is 12.8 Å². The van der Waals surface area contributed by atoms with E-state index in [1.54, 1.807) is 35.2 Å². The van der Waals surface area contributed by atoms with Crippen molar-refractivity contribution < 1.29 is 14.4 Å². The first-order chi connectivity index (χ1) is 12.5. The van der Waals surface area contributed by atoms with Gasteiger partial charge in [0, 0.05) is 36.0 Å². The van der Waals surface area contributed by atoms with Gasteiger partial charge in [0.05, 0.1) is 0 Å². The molecule has 6 heteroatoms. The summed E-state index contributed by atoms with van der Waals surface area (Å²) in [4.78, 5) is 36.5. The molecule has 0 unspecified atom stereocenters. The molecule has 3 rings (SSSR count). The number of benzene rings is 2. The average Bonchev–Trinajstić information content (AvgIpc) is 3.07. The van der Waals surface area contributed by atoms with E-state index in [9.17, 15) is 14.4 Å². The zero-order valence-electron chi connectivity index (χ0n) is 14.1. The first kappa shape index (κ1) is 17.4. The largest absolute Gasteiger partial charge is 0.366 e. The molecule has 1 fully saturated rings. The van der Waals surface area contributed by atoms with Gasteiger partial charge in [-0.1, -0.05) is 12.1 Å². The van der Waals surface area contributed by atoms with E-state index in [0.717, 1.165) is 24.2 Å². The molecule has 0 aromatic heterocycles. The highest BCUT2D eigenvalue weighted by atomic mass is 16.2. The van der Waals surface area contributed by atoms with Gasteiger partial charge in [-0.05, 0) is 54.5 Å². The second-order valence-electron chi connectivity index (χ2n) is 6.00. The van der Waals surface area contributed by atoms with Crippen LogP contribution in [0.1, 0.15) is 28.8 Å². The highest BCUT2D eigenvalue weighted by Crippen LogP contribution is 2.22. The molecule has 0 aliphatic carbocycles. The number of rotatable bonds is 5. The molecular formula is C20H19N3O3. The van der Waals surface area contributed by atoms with Crippen molar-refractivity contribution in [3.05, 3.63) is 65.7 Å². The number of anilines is 2. The van der Waals surface area contributed by atoms with E-state index in [1.807, 2.05) is 24.3 Å². The van der Waals surface area contributed by atoms with Crippen LogP contribution in [-0.2, 0) is 9.59 Å². The molecule has 0 spiro atoms. The van der Waals surface area contributed by atoms with Crippen LogP contribution < -0.4 is 16.0 Å². The van der Waals surface area contributed by atoms with Crippen LogP contribution in [0.3, 0.4) is 0 Å². The van der Waals surface area contributed by atoms with Crippen LogP contribution in [0.5, 0.6) is 0 Å². The molecular weight excluding hydrogens is 330 g/mol. The second kappa shape index (κ2) is 7.65. The maximum Gasteiger partial charge on any atom is 0.248 e. The molecule has 1 aliphatic rings. The maximum atomic E-state index is 12.0. The lowest BCUT2D eigenvalue weighted by molar-refractivity contribution is -0.117. The summed E-state index contributed by atoms with van der Waals surface area (Å²) in [5.41, 5.74) is 7.88. The molecule has 2 aromatic carbocycles. The SMILES string of the molecule is NC(=O)c1ccc(NC(=O)/C=C/c2ccc(N3CCCC3=O)cc2)cc1. The molecule has 1 heterocycles. The number of primary amides is 1. The van der Waals surface area contributed by atoms with Gasteiger partial charge in [-0.15, -0.1) is 0 Å². The van der Waals surface area contributed by atoms with Crippen molar-refractivity contribution in [3.63, 3.8) is 0 Å². The summed E-state index contributed by atoms with van der Waals surface area (Å²) in [6, 6.07) is 13.8. The lowest BCUT2D eigenvalue weighted by Crippen LogP contribution is -2.23. The predicted molar refractivity (Wildman–Crippen MR) is 101 cm³/mol. The summed E-state index contributed by atoms with van der Waals surface area (Å²) < 4.78 is 0. The molecule has 26 heavy (non-hydrogen) atoms. The summed E-state index contributed by atoms with van der Waals surface area (Å²) >= 11 is 0. The Bertz CT molecular complexity index is 855. The quantitative estimate of drug-likeness (QED) is 0.813. The number of amides is 3. The minimum absolute atomic E-state index is 0.148. The predicted octanol–water partition coefficient (Wildman–Crippen LogP) is 2.56. The molecule has 1 aliphatic heterocycles.